The van der Waals surface area contributed by atoms with Gasteiger partial charge in [0.2, 0.25) is 5.91 Å². The molecule has 1 heterocycles. The third-order valence-corrected chi connectivity index (χ3v) is 4.61. The summed E-state index contributed by atoms with van der Waals surface area (Å²) < 4.78 is 0. The predicted octanol–water partition coefficient (Wildman–Crippen LogP) is 1.46. The van der Waals surface area contributed by atoms with E-state index < -0.39 is 0 Å². The number of carbonyl (C=O) groups is 1. The molecule has 3 rings (SSSR count). The third-order valence-electron chi connectivity index (χ3n) is 4.61. The van der Waals surface area contributed by atoms with Crippen LogP contribution in [0.25, 0.3) is 0 Å². The molecule has 2 unspecified atom stereocenters. The molecule has 2 atom stereocenters. The van der Waals surface area contributed by atoms with Crippen LogP contribution in [0.5, 0.6) is 0 Å². The first kappa shape index (κ1) is 11.3. The Morgan fingerprint density at radius 1 is 1.41 bits per heavy atom. The summed E-state index contributed by atoms with van der Waals surface area (Å²) >= 11 is 0. The van der Waals surface area contributed by atoms with Crippen molar-refractivity contribution in [3.8, 4) is 0 Å². The maximum atomic E-state index is 11.9. The standard InChI is InChI=1S/C14H22N2O/c17-14(13-11-2-1-3-12(11)13)16-9-6-10-4-7-15-8-5-10/h4,11-13,15H,1-3,5-9H2,(H,16,17). The molecular weight excluding hydrogens is 212 g/mol. The van der Waals surface area contributed by atoms with Crippen molar-refractivity contribution in [2.45, 2.75) is 32.1 Å². The van der Waals surface area contributed by atoms with E-state index in [-0.39, 0.29) is 0 Å². The molecule has 1 amide bonds. The van der Waals surface area contributed by atoms with E-state index >= 15 is 0 Å². The molecule has 1 aliphatic heterocycles. The summed E-state index contributed by atoms with van der Waals surface area (Å²) in [5.41, 5.74) is 1.50. The molecule has 0 aromatic carbocycles. The van der Waals surface area contributed by atoms with Crippen LogP contribution in [0.3, 0.4) is 0 Å². The van der Waals surface area contributed by atoms with E-state index in [1.165, 1.54) is 24.8 Å². The van der Waals surface area contributed by atoms with Crippen LogP contribution in [-0.4, -0.2) is 25.5 Å². The second-order valence-corrected chi connectivity index (χ2v) is 5.64. The summed E-state index contributed by atoms with van der Waals surface area (Å²) in [6, 6.07) is 0. The average molecular weight is 234 g/mol. The minimum absolute atomic E-state index is 0.328. The second-order valence-electron chi connectivity index (χ2n) is 5.64. The number of hydrogen-bond acceptors (Lipinski definition) is 2. The second kappa shape index (κ2) is 4.81. The van der Waals surface area contributed by atoms with E-state index in [9.17, 15) is 4.79 Å². The maximum Gasteiger partial charge on any atom is 0.223 e. The predicted molar refractivity (Wildman–Crippen MR) is 67.5 cm³/mol. The number of carbonyl (C=O) groups excluding carboxylic acids is 1. The molecule has 0 saturated heterocycles. The molecule has 2 fully saturated rings. The molecule has 0 radical (unpaired) electrons. The van der Waals surface area contributed by atoms with Gasteiger partial charge in [-0.15, -0.1) is 0 Å². The van der Waals surface area contributed by atoms with E-state index in [0.717, 1.165) is 44.3 Å². The normalized spacial score (nSPS) is 35.1. The monoisotopic (exact) mass is 234 g/mol. The fourth-order valence-corrected chi connectivity index (χ4v) is 3.57. The Morgan fingerprint density at radius 3 is 2.94 bits per heavy atom. The topological polar surface area (TPSA) is 41.1 Å². The Balaban J connectivity index is 1.37. The van der Waals surface area contributed by atoms with Crippen molar-refractivity contribution in [1.29, 1.82) is 0 Å². The summed E-state index contributed by atoms with van der Waals surface area (Å²) in [6.07, 6.45) is 8.37. The molecule has 2 N–H and O–H groups in total. The van der Waals surface area contributed by atoms with Crippen LogP contribution in [0.1, 0.15) is 32.1 Å². The number of rotatable bonds is 4. The molecule has 3 heteroatoms. The van der Waals surface area contributed by atoms with Crippen LogP contribution in [0.15, 0.2) is 11.6 Å². The first-order valence-corrected chi connectivity index (χ1v) is 7.02. The Bertz CT molecular complexity index is 327. The van der Waals surface area contributed by atoms with Gasteiger partial charge < -0.3 is 10.6 Å². The SMILES string of the molecule is O=C(NCCC1=CCNCC1)C1C2CCCC21. The van der Waals surface area contributed by atoms with Gasteiger partial charge >= 0.3 is 0 Å². The molecule has 3 aliphatic rings. The zero-order valence-corrected chi connectivity index (χ0v) is 10.4. The fraction of sp³-hybridized carbons (Fsp3) is 0.786. The quantitative estimate of drug-likeness (QED) is 0.723. The third kappa shape index (κ3) is 2.39. The highest BCUT2D eigenvalue weighted by Crippen LogP contribution is 2.57. The summed E-state index contributed by atoms with van der Waals surface area (Å²) in [7, 11) is 0. The molecule has 0 aromatic heterocycles. The van der Waals surface area contributed by atoms with E-state index in [2.05, 4.69) is 16.7 Å². The highest BCUT2D eigenvalue weighted by Gasteiger charge is 2.56. The summed E-state index contributed by atoms with van der Waals surface area (Å²) in [5, 5.41) is 6.43. The van der Waals surface area contributed by atoms with Gasteiger partial charge in [-0.3, -0.25) is 4.79 Å². The van der Waals surface area contributed by atoms with E-state index in [1.807, 2.05) is 0 Å². The fourth-order valence-electron chi connectivity index (χ4n) is 3.57. The molecule has 94 valence electrons. The van der Waals surface area contributed by atoms with Gasteiger partial charge in [-0.1, -0.05) is 18.1 Å². The lowest BCUT2D eigenvalue weighted by molar-refractivity contribution is -0.123. The zero-order valence-electron chi connectivity index (χ0n) is 10.4. The smallest absolute Gasteiger partial charge is 0.223 e. The van der Waals surface area contributed by atoms with Gasteiger partial charge in [0.25, 0.3) is 0 Å². The first-order chi connectivity index (χ1) is 8.36. The van der Waals surface area contributed by atoms with E-state index in [1.54, 1.807) is 0 Å². The van der Waals surface area contributed by atoms with Crippen molar-refractivity contribution >= 4 is 5.91 Å². The highest BCUT2D eigenvalue weighted by molar-refractivity contribution is 5.82. The Hall–Kier alpha value is -0.830. The van der Waals surface area contributed by atoms with Crippen molar-refractivity contribution in [3.63, 3.8) is 0 Å². The number of amides is 1. The van der Waals surface area contributed by atoms with Crippen molar-refractivity contribution in [1.82, 2.24) is 10.6 Å². The molecule has 17 heavy (non-hydrogen) atoms. The van der Waals surface area contributed by atoms with Gasteiger partial charge in [0, 0.05) is 19.0 Å². The van der Waals surface area contributed by atoms with Crippen LogP contribution in [0.2, 0.25) is 0 Å². The number of nitrogens with one attached hydrogen (secondary N) is 2. The highest BCUT2D eigenvalue weighted by atomic mass is 16.2. The van der Waals surface area contributed by atoms with Gasteiger partial charge in [0.15, 0.2) is 0 Å². The van der Waals surface area contributed by atoms with Gasteiger partial charge in [-0.2, -0.15) is 0 Å². The molecular formula is C14H22N2O. The number of hydrogen-bond donors (Lipinski definition) is 2. The van der Waals surface area contributed by atoms with Crippen molar-refractivity contribution in [3.05, 3.63) is 11.6 Å². The largest absolute Gasteiger partial charge is 0.356 e. The summed E-state index contributed by atoms with van der Waals surface area (Å²) in [4.78, 5) is 11.9. The minimum atomic E-state index is 0.328. The molecule has 2 saturated carbocycles. The van der Waals surface area contributed by atoms with E-state index in [4.69, 9.17) is 0 Å². The van der Waals surface area contributed by atoms with Gasteiger partial charge in [0.1, 0.15) is 0 Å². The average Bonchev–Trinajstić information content (AvgIpc) is 2.84. The molecule has 0 bridgehead atoms. The Kier molecular flexibility index (Phi) is 3.19. The van der Waals surface area contributed by atoms with Crippen LogP contribution in [0.4, 0.5) is 0 Å². The summed E-state index contributed by atoms with van der Waals surface area (Å²) in [5.74, 6) is 2.20. The van der Waals surface area contributed by atoms with Crippen LogP contribution < -0.4 is 10.6 Å². The number of fused-ring (bicyclic) bond motifs is 1. The molecule has 3 nitrogen and oxygen atoms in total. The van der Waals surface area contributed by atoms with Gasteiger partial charge in [0.05, 0.1) is 0 Å². The minimum Gasteiger partial charge on any atom is -0.356 e. The van der Waals surface area contributed by atoms with Crippen molar-refractivity contribution in [2.75, 3.05) is 19.6 Å². The lowest BCUT2D eigenvalue weighted by Crippen LogP contribution is -2.29. The van der Waals surface area contributed by atoms with Crippen molar-refractivity contribution < 1.29 is 4.79 Å². The summed E-state index contributed by atoms with van der Waals surface area (Å²) in [6.45, 7) is 2.92. The Morgan fingerprint density at radius 2 is 2.24 bits per heavy atom. The van der Waals surface area contributed by atoms with Crippen molar-refractivity contribution in [2.24, 2.45) is 17.8 Å². The first-order valence-electron chi connectivity index (χ1n) is 7.02. The zero-order chi connectivity index (χ0) is 11.7. The molecule has 0 spiro atoms. The Labute approximate surface area is 103 Å². The lowest BCUT2D eigenvalue weighted by atomic mass is 10.1. The molecule has 2 aliphatic carbocycles. The van der Waals surface area contributed by atoms with Crippen LogP contribution in [0, 0.1) is 17.8 Å². The van der Waals surface area contributed by atoms with Crippen LogP contribution >= 0.6 is 0 Å². The van der Waals surface area contributed by atoms with Gasteiger partial charge in [-0.25, -0.2) is 0 Å². The maximum absolute atomic E-state index is 11.9. The molecule has 0 aromatic rings. The van der Waals surface area contributed by atoms with E-state index in [0.29, 0.717) is 11.8 Å². The van der Waals surface area contributed by atoms with Gasteiger partial charge in [-0.05, 0) is 44.1 Å². The van der Waals surface area contributed by atoms with Crippen LogP contribution in [-0.2, 0) is 4.79 Å². The lowest BCUT2D eigenvalue weighted by Gasteiger charge is -2.14.